The number of unbranched alkanes of at least 4 members (excludes halogenated alkanes) is 1. The van der Waals surface area contributed by atoms with Crippen molar-refractivity contribution < 1.29 is 4.84 Å². The molecule has 1 saturated heterocycles. The summed E-state index contributed by atoms with van der Waals surface area (Å²) in [6.07, 6.45) is 6.36. The average Bonchev–Trinajstić information content (AvgIpc) is 2.21. The first-order valence-electron chi connectivity index (χ1n) is 6.16. The minimum absolute atomic E-state index is 0.311. The highest BCUT2D eigenvalue weighted by atomic mass is 28.3. The van der Waals surface area contributed by atoms with Crippen molar-refractivity contribution >= 4 is 8.80 Å². The molecule has 2 nitrogen and oxygen atoms in total. The molecule has 14 heavy (non-hydrogen) atoms. The van der Waals surface area contributed by atoms with E-state index in [0.717, 1.165) is 13.0 Å². The topological polar surface area (TPSA) is 21.3 Å². The lowest BCUT2D eigenvalue weighted by Crippen LogP contribution is -2.57. The Morgan fingerprint density at radius 3 is 2.57 bits per heavy atom. The summed E-state index contributed by atoms with van der Waals surface area (Å²) in [5.41, 5.74) is 3.15. The van der Waals surface area contributed by atoms with Gasteiger partial charge in [-0.3, -0.25) is 4.84 Å². The molecule has 1 heterocycles. The third kappa shape index (κ3) is 2.81. The lowest BCUT2D eigenvalue weighted by Gasteiger charge is -2.46. The summed E-state index contributed by atoms with van der Waals surface area (Å²) < 4.78 is 0. The molecule has 1 N–H and O–H groups in total. The zero-order chi connectivity index (χ0) is 10.4. The predicted octanol–water partition coefficient (Wildman–Crippen LogP) is 2.65. The molecule has 0 bridgehead atoms. The zero-order valence-corrected chi connectivity index (χ0v) is 11.1. The average molecular weight is 215 g/mol. The maximum atomic E-state index is 5.93. The monoisotopic (exact) mass is 215 g/mol. The summed E-state index contributed by atoms with van der Waals surface area (Å²) >= 11 is 0. The Hall–Kier alpha value is 0.137. The highest BCUT2D eigenvalue weighted by Gasteiger charge is 2.45. The second-order valence-electron chi connectivity index (χ2n) is 4.60. The number of nitrogens with one attached hydrogen (secondary N) is 1. The van der Waals surface area contributed by atoms with Gasteiger partial charge < -0.3 is 0 Å². The van der Waals surface area contributed by atoms with E-state index in [1.54, 1.807) is 0 Å². The van der Waals surface area contributed by atoms with E-state index in [4.69, 9.17) is 4.84 Å². The van der Waals surface area contributed by atoms with E-state index in [9.17, 15) is 0 Å². The van der Waals surface area contributed by atoms with Crippen LogP contribution < -0.4 is 5.48 Å². The van der Waals surface area contributed by atoms with E-state index in [2.05, 4.69) is 25.9 Å². The van der Waals surface area contributed by atoms with Gasteiger partial charge in [0.25, 0.3) is 0 Å². The van der Waals surface area contributed by atoms with E-state index < -0.39 is 8.80 Å². The normalized spacial score (nSPS) is 31.5. The van der Waals surface area contributed by atoms with Gasteiger partial charge in [0.05, 0.1) is 14.0 Å². The van der Waals surface area contributed by atoms with Crippen LogP contribution in [-0.2, 0) is 4.84 Å². The fourth-order valence-electron chi connectivity index (χ4n) is 2.10. The molecule has 1 aliphatic heterocycles. The molecule has 2 unspecified atom stereocenters. The first kappa shape index (κ1) is 12.2. The number of hydrogen-bond acceptors (Lipinski definition) is 2. The second-order valence-corrected chi connectivity index (χ2v) is 8.04. The fraction of sp³-hybridized carbons (Fsp3) is 1.00. The van der Waals surface area contributed by atoms with E-state index >= 15 is 0 Å². The van der Waals surface area contributed by atoms with Crippen molar-refractivity contribution in [1.29, 1.82) is 0 Å². The molecule has 0 aromatic heterocycles. The molecule has 0 amide bonds. The van der Waals surface area contributed by atoms with Crippen LogP contribution in [0.5, 0.6) is 0 Å². The van der Waals surface area contributed by atoms with Crippen molar-refractivity contribution in [2.75, 3.05) is 6.54 Å². The summed E-state index contributed by atoms with van der Waals surface area (Å²) in [6, 6.07) is 1.47. The van der Waals surface area contributed by atoms with Gasteiger partial charge in [0.2, 0.25) is 0 Å². The van der Waals surface area contributed by atoms with Crippen molar-refractivity contribution in [2.24, 2.45) is 0 Å². The van der Waals surface area contributed by atoms with Gasteiger partial charge in [0.15, 0.2) is 0 Å². The third-order valence-electron chi connectivity index (χ3n) is 3.48. The Bertz CT molecular complexity index is 165. The first-order chi connectivity index (χ1) is 6.75. The minimum Gasteiger partial charge on any atom is -0.299 e. The zero-order valence-electron chi connectivity index (χ0n) is 9.94. The van der Waals surface area contributed by atoms with Gasteiger partial charge in [-0.2, -0.15) is 0 Å². The molecule has 0 aromatic rings. The first-order valence-corrected chi connectivity index (χ1v) is 8.71. The van der Waals surface area contributed by atoms with Crippen LogP contribution in [0.1, 0.15) is 46.0 Å². The maximum absolute atomic E-state index is 5.93. The molecule has 0 spiro atoms. The molecule has 1 aliphatic rings. The second kappa shape index (κ2) is 5.88. The summed E-state index contributed by atoms with van der Waals surface area (Å²) in [6.45, 7) is 7.89. The van der Waals surface area contributed by atoms with Crippen LogP contribution in [0.25, 0.3) is 0 Å². The quantitative estimate of drug-likeness (QED) is 0.400. The predicted molar refractivity (Wildman–Crippen MR) is 64.1 cm³/mol. The molecule has 1 rings (SSSR count). The third-order valence-corrected chi connectivity index (χ3v) is 7.13. The number of hydrogen-bond donors (Lipinski definition) is 1. The van der Waals surface area contributed by atoms with Crippen LogP contribution in [0.4, 0.5) is 0 Å². The molecule has 0 aromatic carbocycles. The molecular formula is C11H25NOSi. The van der Waals surface area contributed by atoms with E-state index in [0.29, 0.717) is 5.22 Å². The highest BCUT2D eigenvalue weighted by molar-refractivity contribution is 6.63. The molecule has 84 valence electrons. The molecular weight excluding hydrogens is 190 g/mol. The van der Waals surface area contributed by atoms with Gasteiger partial charge in [0.1, 0.15) is 0 Å². The van der Waals surface area contributed by atoms with Gasteiger partial charge in [-0.15, -0.1) is 0 Å². The number of hydroxylamine groups is 1. The van der Waals surface area contributed by atoms with Gasteiger partial charge >= 0.3 is 0 Å². The van der Waals surface area contributed by atoms with E-state index in [-0.39, 0.29) is 0 Å². The Labute approximate surface area is 90.0 Å². The van der Waals surface area contributed by atoms with Crippen LogP contribution >= 0.6 is 0 Å². The van der Waals surface area contributed by atoms with Gasteiger partial charge in [-0.1, -0.05) is 39.3 Å². The van der Waals surface area contributed by atoms with Crippen molar-refractivity contribution in [3.05, 3.63) is 0 Å². The lowest BCUT2D eigenvalue weighted by atomic mass is 10.1. The van der Waals surface area contributed by atoms with Crippen molar-refractivity contribution in [2.45, 2.75) is 63.8 Å². The minimum atomic E-state index is -0.579. The van der Waals surface area contributed by atoms with E-state index in [1.807, 2.05) is 0 Å². The van der Waals surface area contributed by atoms with Crippen LogP contribution in [0, 0.1) is 0 Å². The Kier molecular flexibility index (Phi) is 5.13. The molecule has 2 atom stereocenters. The SMILES string of the molecule is CCCCC1(ONCCC)CC[SiH]1C. The molecule has 3 heteroatoms. The summed E-state index contributed by atoms with van der Waals surface area (Å²) in [7, 11) is -0.579. The van der Waals surface area contributed by atoms with Gasteiger partial charge in [0, 0.05) is 6.54 Å². The summed E-state index contributed by atoms with van der Waals surface area (Å²) in [5.74, 6) is 0. The molecule has 0 radical (unpaired) electrons. The molecule has 0 aliphatic carbocycles. The Balaban J connectivity index is 2.30. The van der Waals surface area contributed by atoms with Crippen LogP contribution in [0.3, 0.4) is 0 Å². The largest absolute Gasteiger partial charge is 0.299 e. The Morgan fingerprint density at radius 2 is 2.14 bits per heavy atom. The van der Waals surface area contributed by atoms with Crippen molar-refractivity contribution in [3.8, 4) is 0 Å². The maximum Gasteiger partial charge on any atom is 0.0758 e. The highest BCUT2D eigenvalue weighted by Crippen LogP contribution is 2.39. The van der Waals surface area contributed by atoms with Crippen molar-refractivity contribution in [3.63, 3.8) is 0 Å². The summed E-state index contributed by atoms with van der Waals surface area (Å²) in [5, 5.41) is 0.311. The van der Waals surface area contributed by atoms with Crippen molar-refractivity contribution in [1.82, 2.24) is 5.48 Å². The lowest BCUT2D eigenvalue weighted by molar-refractivity contribution is -0.0779. The van der Waals surface area contributed by atoms with Crippen LogP contribution in [0.15, 0.2) is 0 Å². The summed E-state index contributed by atoms with van der Waals surface area (Å²) in [4.78, 5) is 5.93. The number of rotatable bonds is 7. The van der Waals surface area contributed by atoms with Gasteiger partial charge in [-0.25, -0.2) is 5.48 Å². The van der Waals surface area contributed by atoms with Crippen LogP contribution in [-0.4, -0.2) is 20.6 Å². The standard InChI is InChI=1S/C11H25NOSi/c1-4-6-7-11(8-10-14(11)3)13-12-9-5-2/h12,14H,4-10H2,1-3H3. The van der Waals surface area contributed by atoms with Gasteiger partial charge in [-0.05, 0) is 19.3 Å². The smallest absolute Gasteiger partial charge is 0.0758 e. The molecule has 0 saturated carbocycles. The fourth-order valence-corrected chi connectivity index (χ4v) is 4.59. The van der Waals surface area contributed by atoms with Crippen LogP contribution in [0.2, 0.25) is 12.6 Å². The molecule has 1 fully saturated rings. The Morgan fingerprint density at radius 1 is 1.36 bits per heavy atom. The van der Waals surface area contributed by atoms with E-state index in [1.165, 1.54) is 31.7 Å².